The maximum Gasteiger partial charge on any atom is 0.328 e. The number of hydrogen-bond acceptors (Lipinski definition) is 5. The van der Waals surface area contributed by atoms with Crippen molar-refractivity contribution >= 4 is 46.9 Å². The number of amidine groups is 1. The molecular formula is C21H16Cl2N4O3. The zero-order valence-electron chi connectivity index (χ0n) is 15.8. The minimum atomic E-state index is -0.717. The van der Waals surface area contributed by atoms with E-state index in [4.69, 9.17) is 27.9 Å². The number of likely N-dealkylation sites (N-methyl/N-ethyl adjacent to an activating group) is 1. The van der Waals surface area contributed by atoms with Gasteiger partial charge in [0.1, 0.15) is 0 Å². The van der Waals surface area contributed by atoms with Gasteiger partial charge >= 0.3 is 6.03 Å². The summed E-state index contributed by atoms with van der Waals surface area (Å²) in [5, 5.41) is 0.791. The Morgan fingerprint density at radius 2 is 1.73 bits per heavy atom. The first kappa shape index (κ1) is 19.0. The van der Waals surface area contributed by atoms with Gasteiger partial charge in [-0.15, -0.1) is 0 Å². The molecule has 3 aliphatic rings. The average Bonchev–Trinajstić information content (AvgIpc) is 3.30. The van der Waals surface area contributed by atoms with Crippen LogP contribution in [-0.4, -0.2) is 51.9 Å². The van der Waals surface area contributed by atoms with E-state index in [1.165, 1.54) is 4.90 Å². The summed E-state index contributed by atoms with van der Waals surface area (Å²) in [6.45, 7) is -0.0248. The standard InChI is InChI=1S/C21H16Cl2N4O3/c1-25-18-17(26-11-16(30-20(26)24-18)12-6-3-2-4-7-12)19(28)27(21(25)29)10-13-14(22)8-5-9-15(13)23/h2-9,11,17-18H,10H2,1H3. The highest BCUT2D eigenvalue weighted by Gasteiger charge is 2.54. The van der Waals surface area contributed by atoms with Crippen LogP contribution in [0.2, 0.25) is 10.0 Å². The van der Waals surface area contributed by atoms with Gasteiger partial charge in [-0.3, -0.25) is 14.6 Å². The maximum atomic E-state index is 13.4. The summed E-state index contributed by atoms with van der Waals surface area (Å²) in [5.74, 6) is 0.216. The second kappa shape index (κ2) is 7.04. The minimum Gasteiger partial charge on any atom is -0.423 e. The number of fused-ring (bicyclic) bond motifs is 3. The van der Waals surface area contributed by atoms with Crippen LogP contribution in [0.5, 0.6) is 0 Å². The van der Waals surface area contributed by atoms with E-state index in [2.05, 4.69) is 4.99 Å². The molecule has 2 atom stereocenters. The third kappa shape index (κ3) is 2.85. The Balaban J connectivity index is 1.47. The SMILES string of the molecule is CN1C(=O)N(Cc2c(Cl)cccc2Cl)C(=O)C2C1N=C1OC(c3ccccc3)=CN12. The van der Waals surface area contributed by atoms with Crippen LogP contribution in [0.1, 0.15) is 11.1 Å². The topological polar surface area (TPSA) is 65.5 Å². The summed E-state index contributed by atoms with van der Waals surface area (Å²) in [5.41, 5.74) is 1.39. The summed E-state index contributed by atoms with van der Waals surface area (Å²) in [6, 6.07) is 13.7. The summed E-state index contributed by atoms with van der Waals surface area (Å²) < 4.78 is 5.87. The zero-order valence-corrected chi connectivity index (χ0v) is 17.3. The second-order valence-corrected chi connectivity index (χ2v) is 7.97. The highest BCUT2D eigenvalue weighted by molar-refractivity contribution is 6.36. The fourth-order valence-electron chi connectivity index (χ4n) is 3.80. The van der Waals surface area contributed by atoms with Gasteiger partial charge in [-0.1, -0.05) is 59.6 Å². The van der Waals surface area contributed by atoms with Crippen molar-refractivity contribution in [1.82, 2.24) is 14.7 Å². The molecule has 0 spiro atoms. The summed E-state index contributed by atoms with van der Waals surface area (Å²) in [7, 11) is 1.61. The average molecular weight is 443 g/mol. The third-order valence-corrected chi connectivity index (χ3v) is 6.10. The van der Waals surface area contributed by atoms with Gasteiger partial charge in [-0.05, 0) is 12.1 Å². The molecule has 152 valence electrons. The first-order valence-electron chi connectivity index (χ1n) is 9.28. The smallest absolute Gasteiger partial charge is 0.328 e. The van der Waals surface area contributed by atoms with Crippen LogP contribution >= 0.6 is 23.2 Å². The van der Waals surface area contributed by atoms with Crippen molar-refractivity contribution in [3.63, 3.8) is 0 Å². The van der Waals surface area contributed by atoms with Gasteiger partial charge in [0.25, 0.3) is 11.9 Å². The Morgan fingerprint density at radius 3 is 2.43 bits per heavy atom. The van der Waals surface area contributed by atoms with Crippen LogP contribution in [0.25, 0.3) is 5.76 Å². The van der Waals surface area contributed by atoms with Gasteiger partial charge in [0, 0.05) is 28.2 Å². The van der Waals surface area contributed by atoms with Gasteiger partial charge in [-0.2, -0.15) is 0 Å². The molecular weight excluding hydrogens is 427 g/mol. The molecule has 0 radical (unpaired) electrons. The molecule has 5 rings (SSSR count). The summed E-state index contributed by atoms with van der Waals surface area (Å²) in [4.78, 5) is 35.0. The highest BCUT2D eigenvalue weighted by atomic mass is 35.5. The van der Waals surface area contributed by atoms with Crippen molar-refractivity contribution in [1.29, 1.82) is 0 Å². The van der Waals surface area contributed by atoms with E-state index < -0.39 is 18.2 Å². The number of ether oxygens (including phenoxy) is 1. The first-order chi connectivity index (χ1) is 14.5. The number of carbonyl (C=O) groups excluding carboxylic acids is 2. The van der Waals surface area contributed by atoms with Crippen LogP contribution in [-0.2, 0) is 16.1 Å². The van der Waals surface area contributed by atoms with Gasteiger partial charge < -0.3 is 9.64 Å². The van der Waals surface area contributed by atoms with Crippen molar-refractivity contribution in [2.75, 3.05) is 7.05 Å². The van der Waals surface area contributed by atoms with Gasteiger partial charge in [0.05, 0.1) is 12.7 Å². The number of nitrogens with zero attached hydrogens (tertiary/aromatic N) is 4. The Kier molecular flexibility index (Phi) is 4.45. The maximum absolute atomic E-state index is 13.4. The van der Waals surface area contributed by atoms with Crippen LogP contribution in [0, 0.1) is 0 Å². The van der Waals surface area contributed by atoms with Crippen LogP contribution in [0.3, 0.4) is 0 Å². The molecule has 0 saturated carbocycles. The molecule has 2 aromatic carbocycles. The lowest BCUT2D eigenvalue weighted by Crippen LogP contribution is -2.63. The van der Waals surface area contributed by atoms with Crippen molar-refractivity contribution in [3.05, 3.63) is 75.9 Å². The van der Waals surface area contributed by atoms with E-state index >= 15 is 0 Å². The lowest BCUT2D eigenvalue weighted by atomic mass is 10.1. The van der Waals surface area contributed by atoms with Gasteiger partial charge in [0.15, 0.2) is 18.0 Å². The highest BCUT2D eigenvalue weighted by Crippen LogP contribution is 2.36. The van der Waals surface area contributed by atoms with Crippen LogP contribution in [0.15, 0.2) is 59.7 Å². The normalized spacial score (nSPS) is 22.6. The molecule has 30 heavy (non-hydrogen) atoms. The number of halogens is 2. The fraction of sp³-hybridized carbons (Fsp3) is 0.190. The Labute approximate surface area is 182 Å². The van der Waals surface area contributed by atoms with E-state index in [1.54, 1.807) is 36.3 Å². The molecule has 7 nitrogen and oxygen atoms in total. The molecule has 0 aromatic heterocycles. The van der Waals surface area contributed by atoms with Gasteiger partial charge in [0.2, 0.25) is 0 Å². The van der Waals surface area contributed by atoms with Crippen LogP contribution < -0.4 is 0 Å². The molecule has 0 aliphatic carbocycles. The third-order valence-electron chi connectivity index (χ3n) is 5.39. The molecule has 1 fully saturated rings. The van der Waals surface area contributed by atoms with E-state index in [-0.39, 0.29) is 12.5 Å². The second-order valence-electron chi connectivity index (χ2n) is 7.16. The Morgan fingerprint density at radius 1 is 1.03 bits per heavy atom. The predicted octanol–water partition coefficient (Wildman–Crippen LogP) is 3.78. The molecule has 0 bridgehead atoms. The summed E-state index contributed by atoms with van der Waals surface area (Å²) in [6.07, 6.45) is 1.09. The number of carbonyl (C=O) groups is 2. The minimum absolute atomic E-state index is 0.0248. The number of amides is 3. The van der Waals surface area contributed by atoms with Gasteiger partial charge in [-0.25, -0.2) is 9.79 Å². The fourth-order valence-corrected chi connectivity index (χ4v) is 4.32. The number of benzene rings is 2. The molecule has 3 aliphatic heterocycles. The van der Waals surface area contributed by atoms with E-state index in [0.29, 0.717) is 27.4 Å². The van der Waals surface area contributed by atoms with Crippen LogP contribution in [0.4, 0.5) is 4.79 Å². The molecule has 1 saturated heterocycles. The van der Waals surface area contributed by atoms with Crippen molar-refractivity contribution in [2.24, 2.45) is 4.99 Å². The summed E-state index contributed by atoms with van der Waals surface area (Å²) >= 11 is 12.5. The first-order valence-corrected chi connectivity index (χ1v) is 10.0. The Hall–Kier alpha value is -3.03. The number of imide groups is 1. The Bertz CT molecular complexity index is 1100. The van der Waals surface area contributed by atoms with E-state index in [0.717, 1.165) is 10.5 Å². The molecule has 2 aromatic rings. The van der Waals surface area contributed by atoms with Crippen molar-refractivity contribution in [3.8, 4) is 0 Å². The molecule has 9 heteroatoms. The van der Waals surface area contributed by atoms with Crippen molar-refractivity contribution in [2.45, 2.75) is 18.8 Å². The monoisotopic (exact) mass is 442 g/mol. The lowest BCUT2D eigenvalue weighted by Gasteiger charge is -2.40. The molecule has 2 unspecified atom stereocenters. The van der Waals surface area contributed by atoms with E-state index in [9.17, 15) is 9.59 Å². The number of hydrogen-bond donors (Lipinski definition) is 0. The van der Waals surface area contributed by atoms with E-state index in [1.807, 2.05) is 30.3 Å². The number of rotatable bonds is 3. The largest absolute Gasteiger partial charge is 0.423 e. The predicted molar refractivity (Wildman–Crippen MR) is 113 cm³/mol. The number of urea groups is 1. The lowest BCUT2D eigenvalue weighted by molar-refractivity contribution is -0.137. The number of aliphatic imine (C=N–C) groups is 1. The molecule has 3 heterocycles. The molecule has 3 amide bonds. The zero-order chi connectivity index (χ0) is 21.0. The molecule has 0 N–H and O–H groups in total. The van der Waals surface area contributed by atoms with Crippen molar-refractivity contribution < 1.29 is 14.3 Å². The quantitative estimate of drug-likeness (QED) is 0.725.